The lowest BCUT2D eigenvalue weighted by atomic mass is 10.1. The normalized spacial score (nSPS) is 10.8. The third-order valence-corrected chi connectivity index (χ3v) is 2.26. The first-order valence-corrected chi connectivity index (χ1v) is 6.56. The second-order valence-electron chi connectivity index (χ2n) is 5.49. The molecule has 3 amide bonds. The minimum absolute atomic E-state index is 0.106. The molecule has 0 aromatic carbocycles. The van der Waals surface area contributed by atoms with Crippen LogP contribution < -0.4 is 10.6 Å². The second kappa shape index (κ2) is 7.47. The fourth-order valence-corrected chi connectivity index (χ4v) is 1.43. The van der Waals surface area contributed by atoms with Gasteiger partial charge in [0.1, 0.15) is 5.76 Å². The number of carbonyl (C=O) groups is 3. The quantitative estimate of drug-likeness (QED) is 0.800. The van der Waals surface area contributed by atoms with Crippen LogP contribution in [0.5, 0.6) is 0 Å². The molecule has 0 aliphatic carbocycles. The highest BCUT2D eigenvalue weighted by Crippen LogP contribution is 2.04. The number of amides is 3. The van der Waals surface area contributed by atoms with Crippen molar-refractivity contribution in [1.82, 2.24) is 10.6 Å². The van der Waals surface area contributed by atoms with Crippen molar-refractivity contribution in [1.29, 1.82) is 0 Å². The van der Waals surface area contributed by atoms with Crippen LogP contribution in [0.2, 0.25) is 0 Å². The Labute approximate surface area is 123 Å². The molecule has 0 fully saturated rings. The van der Waals surface area contributed by atoms with Crippen LogP contribution in [0.3, 0.4) is 0 Å². The number of furan rings is 1. The molecule has 21 heavy (non-hydrogen) atoms. The van der Waals surface area contributed by atoms with E-state index in [0.717, 1.165) is 0 Å². The van der Waals surface area contributed by atoms with Gasteiger partial charge in [-0.2, -0.15) is 0 Å². The van der Waals surface area contributed by atoms with Crippen molar-refractivity contribution in [3.8, 4) is 0 Å². The van der Waals surface area contributed by atoms with E-state index in [2.05, 4.69) is 10.6 Å². The van der Waals surface area contributed by atoms with Crippen LogP contribution in [0.4, 0.5) is 4.79 Å². The number of esters is 1. The van der Waals surface area contributed by atoms with E-state index in [-0.39, 0.29) is 6.42 Å². The van der Waals surface area contributed by atoms with Crippen LogP contribution in [0, 0.1) is 0 Å². The molecule has 1 heterocycles. The van der Waals surface area contributed by atoms with E-state index < -0.39 is 30.1 Å². The monoisotopic (exact) mass is 296 g/mol. The zero-order valence-corrected chi connectivity index (χ0v) is 12.4. The van der Waals surface area contributed by atoms with Crippen molar-refractivity contribution >= 4 is 17.9 Å². The van der Waals surface area contributed by atoms with Gasteiger partial charge in [-0.1, -0.05) is 0 Å². The molecule has 0 radical (unpaired) electrons. The lowest BCUT2D eigenvalue weighted by Gasteiger charge is -2.20. The number of hydrogen-bond acceptors (Lipinski definition) is 5. The van der Waals surface area contributed by atoms with E-state index in [9.17, 15) is 14.4 Å². The van der Waals surface area contributed by atoms with E-state index in [1.54, 1.807) is 32.9 Å². The molecule has 7 heteroatoms. The molecular weight excluding hydrogens is 276 g/mol. The lowest BCUT2D eigenvalue weighted by molar-refractivity contribution is -0.148. The van der Waals surface area contributed by atoms with E-state index in [1.165, 1.54) is 6.26 Å². The minimum Gasteiger partial charge on any atom is -0.469 e. The highest BCUT2D eigenvalue weighted by Gasteiger charge is 2.16. The van der Waals surface area contributed by atoms with Crippen LogP contribution in [0.25, 0.3) is 0 Å². The van der Waals surface area contributed by atoms with E-state index in [4.69, 9.17) is 9.15 Å². The van der Waals surface area contributed by atoms with Crippen molar-refractivity contribution in [2.75, 3.05) is 6.61 Å². The Hall–Kier alpha value is -2.31. The van der Waals surface area contributed by atoms with Gasteiger partial charge in [0.25, 0.3) is 5.91 Å². The highest BCUT2D eigenvalue weighted by molar-refractivity contribution is 5.95. The predicted octanol–water partition coefficient (Wildman–Crippen LogP) is 1.38. The van der Waals surface area contributed by atoms with Gasteiger partial charge in [-0.15, -0.1) is 0 Å². The van der Waals surface area contributed by atoms with E-state index >= 15 is 0 Å². The molecule has 0 spiro atoms. The van der Waals surface area contributed by atoms with E-state index in [0.29, 0.717) is 12.2 Å². The Balaban J connectivity index is 2.20. The molecule has 0 aliphatic heterocycles. The summed E-state index contributed by atoms with van der Waals surface area (Å²) in [6.07, 6.45) is 2.02. The Bertz CT molecular complexity index is 488. The Morgan fingerprint density at radius 3 is 2.57 bits per heavy atom. The van der Waals surface area contributed by atoms with Gasteiger partial charge in [-0.05, 0) is 32.9 Å². The standard InChI is InChI=1S/C14H20N2O5/c1-14(2,3)16-13(19)15-11(17)9-21-12(18)7-6-10-5-4-8-20-10/h4-5,8H,6-7,9H2,1-3H3,(H2,15,16,17,19). The number of imide groups is 1. The van der Waals surface area contributed by atoms with Gasteiger partial charge in [0.15, 0.2) is 6.61 Å². The molecule has 0 unspecified atom stereocenters. The maximum Gasteiger partial charge on any atom is 0.321 e. The van der Waals surface area contributed by atoms with Crippen molar-refractivity contribution in [2.45, 2.75) is 39.2 Å². The Morgan fingerprint density at radius 1 is 1.29 bits per heavy atom. The molecule has 2 N–H and O–H groups in total. The Kier molecular flexibility index (Phi) is 5.95. The van der Waals surface area contributed by atoms with Gasteiger partial charge in [0, 0.05) is 12.0 Å². The van der Waals surface area contributed by atoms with Gasteiger partial charge in [-0.25, -0.2) is 4.79 Å². The van der Waals surface area contributed by atoms with Crippen LogP contribution in [0.1, 0.15) is 33.0 Å². The summed E-state index contributed by atoms with van der Waals surface area (Å²) in [6.45, 7) is 4.86. The fourth-order valence-electron chi connectivity index (χ4n) is 1.43. The molecule has 7 nitrogen and oxygen atoms in total. The number of carbonyl (C=O) groups excluding carboxylic acids is 3. The third-order valence-electron chi connectivity index (χ3n) is 2.26. The predicted molar refractivity (Wildman–Crippen MR) is 74.4 cm³/mol. The first-order valence-electron chi connectivity index (χ1n) is 6.56. The number of hydrogen-bond donors (Lipinski definition) is 2. The summed E-state index contributed by atoms with van der Waals surface area (Å²) in [5, 5.41) is 4.63. The average Bonchev–Trinajstić information content (AvgIpc) is 2.84. The number of aryl methyl sites for hydroxylation is 1. The van der Waals surface area contributed by atoms with Crippen molar-refractivity contribution in [3.05, 3.63) is 24.2 Å². The molecular formula is C14H20N2O5. The van der Waals surface area contributed by atoms with Crippen molar-refractivity contribution in [3.63, 3.8) is 0 Å². The summed E-state index contributed by atoms with van der Waals surface area (Å²) in [5.74, 6) is -0.540. The van der Waals surface area contributed by atoms with Gasteiger partial charge in [0.2, 0.25) is 0 Å². The molecule has 0 saturated carbocycles. The summed E-state index contributed by atoms with van der Waals surface area (Å²) in [7, 11) is 0. The first-order chi connectivity index (χ1) is 9.76. The summed E-state index contributed by atoms with van der Waals surface area (Å²) in [4.78, 5) is 34.2. The zero-order chi connectivity index (χ0) is 15.9. The molecule has 0 aliphatic rings. The van der Waals surface area contributed by atoms with Crippen LogP contribution in [-0.4, -0.2) is 30.1 Å². The molecule has 0 atom stereocenters. The van der Waals surface area contributed by atoms with Crippen LogP contribution in [0.15, 0.2) is 22.8 Å². The van der Waals surface area contributed by atoms with Crippen LogP contribution in [-0.2, 0) is 20.7 Å². The van der Waals surface area contributed by atoms with Crippen LogP contribution >= 0.6 is 0 Å². The smallest absolute Gasteiger partial charge is 0.321 e. The van der Waals surface area contributed by atoms with Crippen molar-refractivity contribution in [2.24, 2.45) is 0 Å². The third kappa shape index (κ3) is 7.76. The maximum absolute atomic E-state index is 11.4. The zero-order valence-electron chi connectivity index (χ0n) is 12.4. The topological polar surface area (TPSA) is 97.6 Å². The maximum atomic E-state index is 11.4. The summed E-state index contributed by atoms with van der Waals surface area (Å²) in [6, 6.07) is 2.85. The average molecular weight is 296 g/mol. The molecule has 1 rings (SSSR count). The largest absolute Gasteiger partial charge is 0.469 e. The summed E-state index contributed by atoms with van der Waals surface area (Å²) < 4.78 is 9.83. The molecule has 116 valence electrons. The number of rotatable bonds is 5. The minimum atomic E-state index is -0.678. The van der Waals surface area contributed by atoms with E-state index in [1.807, 2.05) is 0 Å². The lowest BCUT2D eigenvalue weighted by Crippen LogP contribution is -2.49. The first kappa shape index (κ1) is 16.7. The highest BCUT2D eigenvalue weighted by atomic mass is 16.5. The SMILES string of the molecule is CC(C)(C)NC(=O)NC(=O)COC(=O)CCc1ccco1. The van der Waals surface area contributed by atoms with Gasteiger partial charge >= 0.3 is 12.0 Å². The molecule has 0 bridgehead atoms. The molecule has 1 aromatic rings. The Morgan fingerprint density at radius 2 is 2.00 bits per heavy atom. The summed E-state index contributed by atoms with van der Waals surface area (Å²) >= 11 is 0. The van der Waals surface area contributed by atoms with Gasteiger partial charge in [0.05, 0.1) is 12.7 Å². The fraction of sp³-hybridized carbons (Fsp3) is 0.500. The van der Waals surface area contributed by atoms with Crippen molar-refractivity contribution < 1.29 is 23.5 Å². The number of urea groups is 1. The number of ether oxygens (including phenoxy) is 1. The van der Waals surface area contributed by atoms with Gasteiger partial charge < -0.3 is 14.5 Å². The molecule has 0 saturated heterocycles. The number of nitrogens with one attached hydrogen (secondary N) is 2. The second-order valence-corrected chi connectivity index (χ2v) is 5.49. The molecule has 1 aromatic heterocycles. The van der Waals surface area contributed by atoms with Gasteiger partial charge in [-0.3, -0.25) is 14.9 Å². The summed E-state index contributed by atoms with van der Waals surface area (Å²) in [5.41, 5.74) is -0.454.